The Balaban J connectivity index is 1.28. The van der Waals surface area contributed by atoms with Crippen LogP contribution in [-0.2, 0) is 27.3 Å². The Kier molecular flexibility index (Phi) is 6.10. The Hall–Kier alpha value is -2.78. The summed E-state index contributed by atoms with van der Waals surface area (Å²) in [4.78, 5) is 43.4. The summed E-state index contributed by atoms with van der Waals surface area (Å²) in [6.07, 6.45) is 3.83. The zero-order valence-corrected chi connectivity index (χ0v) is 17.7. The molecule has 0 unspecified atom stereocenters. The van der Waals surface area contributed by atoms with Gasteiger partial charge in [-0.1, -0.05) is 6.42 Å². The predicted octanol–water partition coefficient (Wildman–Crippen LogP) is 2.84. The second-order valence-corrected chi connectivity index (χ2v) is 8.86. The molecule has 2 heterocycles. The van der Waals surface area contributed by atoms with E-state index in [0.717, 1.165) is 42.8 Å². The number of rotatable bonds is 6. The number of hydrogen-bond acceptors (Lipinski definition) is 6. The first-order valence-corrected chi connectivity index (χ1v) is 11.0. The van der Waals surface area contributed by atoms with Gasteiger partial charge in [0.25, 0.3) is 0 Å². The molecule has 2 aromatic rings. The number of nitrogens with one attached hydrogen (secondary N) is 3. The van der Waals surface area contributed by atoms with Crippen molar-refractivity contribution in [3.8, 4) is 0 Å². The van der Waals surface area contributed by atoms with Crippen LogP contribution >= 0.6 is 11.3 Å². The summed E-state index contributed by atoms with van der Waals surface area (Å²) in [5.74, 6) is -0.00892. The van der Waals surface area contributed by atoms with Gasteiger partial charge in [0.1, 0.15) is 0 Å². The molecule has 0 spiro atoms. The average Bonchev–Trinajstić information content (AvgIpc) is 3.02. The minimum atomic E-state index is -0.134. The number of carbonyl (C=O) groups excluding carboxylic acids is 3. The first-order chi connectivity index (χ1) is 14.5. The summed E-state index contributed by atoms with van der Waals surface area (Å²) in [7, 11) is 0. The summed E-state index contributed by atoms with van der Waals surface area (Å²) >= 11 is 1.51. The molecule has 0 bridgehead atoms. The summed E-state index contributed by atoms with van der Waals surface area (Å²) in [5, 5.41) is 9.20. The lowest BCUT2D eigenvalue weighted by Crippen LogP contribution is -2.36. The van der Waals surface area contributed by atoms with Gasteiger partial charge in [0, 0.05) is 48.6 Å². The van der Waals surface area contributed by atoms with Crippen LogP contribution in [0.3, 0.4) is 0 Å². The van der Waals surface area contributed by atoms with Crippen LogP contribution in [0.15, 0.2) is 24.3 Å². The smallest absolute Gasteiger partial charge is 0.238 e. The molecule has 8 nitrogen and oxygen atoms in total. The van der Waals surface area contributed by atoms with Gasteiger partial charge in [0.2, 0.25) is 17.7 Å². The number of anilines is 3. The van der Waals surface area contributed by atoms with Crippen molar-refractivity contribution in [3.63, 3.8) is 0 Å². The monoisotopic (exact) mass is 427 g/mol. The van der Waals surface area contributed by atoms with Crippen LogP contribution in [0, 0.1) is 5.92 Å². The summed E-state index contributed by atoms with van der Waals surface area (Å²) in [5.41, 5.74) is 2.40. The van der Waals surface area contributed by atoms with Crippen LogP contribution in [0.2, 0.25) is 0 Å². The number of aromatic nitrogens is 1. The maximum atomic E-state index is 12.4. The van der Waals surface area contributed by atoms with Crippen LogP contribution in [-0.4, -0.2) is 40.7 Å². The van der Waals surface area contributed by atoms with Crippen molar-refractivity contribution in [2.75, 3.05) is 29.0 Å². The van der Waals surface area contributed by atoms with Crippen LogP contribution in [0.1, 0.15) is 36.8 Å². The molecule has 1 aromatic carbocycles. The Bertz CT molecular complexity index is 952. The molecule has 1 aliphatic heterocycles. The molecule has 9 heteroatoms. The molecular weight excluding hydrogens is 402 g/mol. The molecule has 1 aliphatic carbocycles. The first-order valence-electron chi connectivity index (χ1n) is 10.2. The van der Waals surface area contributed by atoms with Crippen LogP contribution in [0.5, 0.6) is 0 Å². The molecule has 1 aromatic heterocycles. The van der Waals surface area contributed by atoms with Crippen molar-refractivity contribution in [2.45, 2.75) is 39.2 Å². The molecule has 2 aliphatic rings. The third-order valence-electron chi connectivity index (χ3n) is 5.37. The van der Waals surface area contributed by atoms with Crippen LogP contribution < -0.4 is 16.0 Å². The van der Waals surface area contributed by atoms with E-state index in [2.05, 4.69) is 25.8 Å². The number of fused-ring (bicyclic) bond motifs is 1. The molecule has 158 valence electrons. The van der Waals surface area contributed by atoms with Gasteiger partial charge < -0.3 is 16.0 Å². The highest BCUT2D eigenvalue weighted by molar-refractivity contribution is 7.15. The van der Waals surface area contributed by atoms with E-state index < -0.39 is 0 Å². The Morgan fingerprint density at radius 3 is 2.43 bits per heavy atom. The molecule has 30 heavy (non-hydrogen) atoms. The fraction of sp³-hybridized carbons (Fsp3) is 0.429. The predicted molar refractivity (Wildman–Crippen MR) is 116 cm³/mol. The summed E-state index contributed by atoms with van der Waals surface area (Å²) in [6.45, 7) is 3.14. The molecule has 1 saturated carbocycles. The van der Waals surface area contributed by atoms with Gasteiger partial charge in [-0.2, -0.15) is 0 Å². The number of hydrogen-bond donors (Lipinski definition) is 3. The SMILES string of the molecule is CC(=O)Nc1ccc(NC(=O)CN2CCc3nc(NC(=O)C4CCC4)sc3C2)cc1. The summed E-state index contributed by atoms with van der Waals surface area (Å²) in [6, 6.07) is 7.03. The molecule has 0 atom stereocenters. The van der Waals surface area contributed by atoms with E-state index in [0.29, 0.717) is 23.1 Å². The molecule has 4 rings (SSSR count). The van der Waals surface area contributed by atoms with E-state index in [1.54, 1.807) is 24.3 Å². The fourth-order valence-electron chi connectivity index (χ4n) is 3.56. The number of nitrogens with zero attached hydrogens (tertiary/aromatic N) is 2. The lowest BCUT2D eigenvalue weighted by Gasteiger charge is -2.25. The minimum absolute atomic E-state index is 0.0769. The zero-order chi connectivity index (χ0) is 21.1. The number of carbonyl (C=O) groups is 3. The third kappa shape index (κ3) is 5.03. The summed E-state index contributed by atoms with van der Waals surface area (Å²) < 4.78 is 0. The van der Waals surface area contributed by atoms with Crippen LogP contribution in [0.25, 0.3) is 0 Å². The molecule has 1 fully saturated rings. The van der Waals surface area contributed by atoms with Crippen molar-refractivity contribution in [1.82, 2.24) is 9.88 Å². The number of thiazole rings is 1. The average molecular weight is 428 g/mol. The highest BCUT2D eigenvalue weighted by Gasteiger charge is 2.27. The van der Waals surface area contributed by atoms with Gasteiger partial charge in [0.05, 0.1) is 12.2 Å². The van der Waals surface area contributed by atoms with E-state index in [4.69, 9.17) is 0 Å². The maximum Gasteiger partial charge on any atom is 0.238 e. The van der Waals surface area contributed by atoms with Crippen molar-refractivity contribution >= 4 is 45.6 Å². The lowest BCUT2D eigenvalue weighted by molar-refractivity contribution is -0.122. The van der Waals surface area contributed by atoms with E-state index in [1.807, 2.05) is 0 Å². The molecule has 0 radical (unpaired) electrons. The first kappa shape index (κ1) is 20.5. The van der Waals surface area contributed by atoms with E-state index >= 15 is 0 Å². The van der Waals surface area contributed by atoms with Gasteiger partial charge in [-0.25, -0.2) is 4.98 Å². The Labute approximate surface area is 179 Å². The largest absolute Gasteiger partial charge is 0.326 e. The third-order valence-corrected chi connectivity index (χ3v) is 6.37. The van der Waals surface area contributed by atoms with E-state index in [9.17, 15) is 14.4 Å². The van der Waals surface area contributed by atoms with Crippen molar-refractivity contribution in [3.05, 3.63) is 34.8 Å². The lowest BCUT2D eigenvalue weighted by atomic mass is 9.85. The standard InChI is InChI=1S/C21H25N5O3S/c1-13(27)22-15-5-7-16(8-6-15)23-19(28)12-26-10-9-17-18(11-26)30-21(24-17)25-20(29)14-3-2-4-14/h5-8,14H,2-4,9-12H2,1H3,(H,22,27)(H,23,28)(H,24,25,29). The van der Waals surface area contributed by atoms with Gasteiger partial charge in [-0.3, -0.25) is 19.3 Å². The highest BCUT2D eigenvalue weighted by atomic mass is 32.1. The fourth-order valence-corrected chi connectivity index (χ4v) is 4.61. The van der Waals surface area contributed by atoms with Crippen molar-refractivity contribution in [1.29, 1.82) is 0 Å². The van der Waals surface area contributed by atoms with Crippen molar-refractivity contribution in [2.24, 2.45) is 5.92 Å². The number of amides is 3. The molecule has 3 N–H and O–H groups in total. The highest BCUT2D eigenvalue weighted by Crippen LogP contribution is 2.31. The van der Waals surface area contributed by atoms with Crippen molar-refractivity contribution < 1.29 is 14.4 Å². The second kappa shape index (κ2) is 8.93. The molecule has 3 amide bonds. The minimum Gasteiger partial charge on any atom is -0.326 e. The van der Waals surface area contributed by atoms with Gasteiger partial charge in [-0.15, -0.1) is 11.3 Å². The normalized spacial score (nSPS) is 16.3. The Morgan fingerprint density at radius 2 is 1.80 bits per heavy atom. The topological polar surface area (TPSA) is 103 Å². The van der Waals surface area contributed by atoms with Gasteiger partial charge in [-0.05, 0) is 37.1 Å². The molecule has 0 saturated heterocycles. The quantitative estimate of drug-likeness (QED) is 0.658. The van der Waals surface area contributed by atoms with Gasteiger partial charge in [0.15, 0.2) is 5.13 Å². The molecular formula is C21H25N5O3S. The van der Waals surface area contributed by atoms with E-state index in [1.165, 1.54) is 18.3 Å². The van der Waals surface area contributed by atoms with Gasteiger partial charge >= 0.3 is 0 Å². The van der Waals surface area contributed by atoms with E-state index in [-0.39, 0.29) is 30.2 Å². The van der Waals surface area contributed by atoms with Crippen LogP contribution in [0.4, 0.5) is 16.5 Å². The zero-order valence-electron chi connectivity index (χ0n) is 16.9. The number of benzene rings is 1. The maximum absolute atomic E-state index is 12.4. The Morgan fingerprint density at radius 1 is 1.10 bits per heavy atom. The second-order valence-electron chi connectivity index (χ2n) is 7.77.